The topological polar surface area (TPSA) is 61.4 Å². The summed E-state index contributed by atoms with van der Waals surface area (Å²) in [4.78, 5) is 2.62. The number of benzene rings is 1. The Bertz CT molecular complexity index is 576. The van der Waals surface area contributed by atoms with E-state index in [1.54, 1.807) is 19.1 Å². The molecule has 6 heteroatoms. The standard InChI is InChI=1S/C14H21N3O2S/c1-2-16-20(18,19)14-6-4-3-5-13(14)17-9-11-7-15-8-12(11)10-17/h3-6,11-12,15-16H,2,7-10H2,1H3/t11-,12+. The first-order valence-corrected chi connectivity index (χ1v) is 8.64. The maximum Gasteiger partial charge on any atom is 0.242 e. The fraction of sp³-hybridized carbons (Fsp3) is 0.571. The fourth-order valence-electron chi connectivity index (χ4n) is 3.27. The highest BCUT2D eigenvalue weighted by Crippen LogP contribution is 2.33. The van der Waals surface area contributed by atoms with Gasteiger partial charge in [-0.1, -0.05) is 19.1 Å². The Morgan fingerprint density at radius 3 is 2.55 bits per heavy atom. The molecule has 2 aliphatic heterocycles. The maximum atomic E-state index is 12.3. The summed E-state index contributed by atoms with van der Waals surface area (Å²) in [6, 6.07) is 7.30. The number of anilines is 1. The van der Waals surface area contributed by atoms with Gasteiger partial charge in [-0.15, -0.1) is 0 Å². The molecule has 2 N–H and O–H groups in total. The third-order valence-corrected chi connectivity index (χ3v) is 5.81. The van der Waals surface area contributed by atoms with Crippen LogP contribution < -0.4 is 14.9 Å². The van der Waals surface area contributed by atoms with Crippen LogP contribution in [-0.4, -0.2) is 41.1 Å². The van der Waals surface area contributed by atoms with E-state index in [9.17, 15) is 8.42 Å². The molecule has 0 bridgehead atoms. The number of nitrogens with zero attached hydrogens (tertiary/aromatic N) is 1. The minimum Gasteiger partial charge on any atom is -0.370 e. The molecule has 3 rings (SSSR count). The molecule has 0 aliphatic carbocycles. The lowest BCUT2D eigenvalue weighted by molar-refractivity contribution is 0.533. The minimum absolute atomic E-state index is 0.398. The van der Waals surface area contributed by atoms with Gasteiger partial charge in [0.2, 0.25) is 10.0 Å². The quantitative estimate of drug-likeness (QED) is 0.856. The molecule has 0 unspecified atom stereocenters. The van der Waals surface area contributed by atoms with Crippen LogP contribution in [-0.2, 0) is 10.0 Å². The van der Waals surface area contributed by atoms with Gasteiger partial charge in [-0.2, -0.15) is 0 Å². The summed E-state index contributed by atoms with van der Waals surface area (Å²) in [7, 11) is -3.41. The van der Waals surface area contributed by atoms with Crippen molar-refractivity contribution in [3.05, 3.63) is 24.3 Å². The molecule has 0 saturated carbocycles. The van der Waals surface area contributed by atoms with E-state index >= 15 is 0 Å². The highest BCUT2D eigenvalue weighted by Gasteiger charge is 2.37. The van der Waals surface area contributed by atoms with Crippen molar-refractivity contribution in [3.8, 4) is 0 Å². The Labute approximate surface area is 120 Å². The Morgan fingerprint density at radius 2 is 1.90 bits per heavy atom. The summed E-state index contributed by atoms with van der Waals surface area (Å²) in [5.74, 6) is 1.29. The van der Waals surface area contributed by atoms with Crippen LogP contribution in [0.2, 0.25) is 0 Å². The number of sulfonamides is 1. The summed E-state index contributed by atoms with van der Waals surface area (Å²) < 4.78 is 27.2. The number of nitrogens with one attached hydrogen (secondary N) is 2. The first kappa shape index (κ1) is 13.9. The van der Waals surface area contributed by atoms with Crippen LogP contribution in [0.25, 0.3) is 0 Å². The van der Waals surface area contributed by atoms with Gasteiger partial charge in [-0.05, 0) is 24.0 Å². The number of para-hydroxylation sites is 1. The molecule has 1 aromatic carbocycles. The van der Waals surface area contributed by atoms with Crippen molar-refractivity contribution in [1.29, 1.82) is 0 Å². The third kappa shape index (κ3) is 2.43. The second-order valence-electron chi connectivity index (χ2n) is 5.55. The second kappa shape index (κ2) is 5.35. The van der Waals surface area contributed by atoms with Crippen molar-refractivity contribution in [2.75, 3.05) is 37.6 Å². The van der Waals surface area contributed by atoms with Crippen molar-refractivity contribution in [3.63, 3.8) is 0 Å². The molecule has 1 aromatic rings. The number of hydrogen-bond donors (Lipinski definition) is 2. The van der Waals surface area contributed by atoms with Gasteiger partial charge in [0.25, 0.3) is 0 Å². The van der Waals surface area contributed by atoms with E-state index in [4.69, 9.17) is 0 Å². The Hall–Kier alpha value is -1.11. The van der Waals surface area contributed by atoms with Crippen LogP contribution in [0.1, 0.15) is 6.92 Å². The minimum atomic E-state index is -3.41. The molecule has 2 atom stereocenters. The number of fused-ring (bicyclic) bond motifs is 1. The highest BCUT2D eigenvalue weighted by atomic mass is 32.2. The smallest absolute Gasteiger partial charge is 0.242 e. The molecule has 0 amide bonds. The third-order valence-electron chi connectivity index (χ3n) is 4.22. The summed E-state index contributed by atoms with van der Waals surface area (Å²) in [5, 5.41) is 3.40. The molecule has 5 nitrogen and oxygen atoms in total. The van der Waals surface area contributed by atoms with Crippen LogP contribution in [0.15, 0.2) is 29.2 Å². The number of rotatable bonds is 4. The van der Waals surface area contributed by atoms with Gasteiger partial charge in [-0.3, -0.25) is 0 Å². The molecule has 20 heavy (non-hydrogen) atoms. The van der Waals surface area contributed by atoms with Gasteiger partial charge in [0.15, 0.2) is 0 Å². The zero-order chi connectivity index (χ0) is 14.2. The van der Waals surface area contributed by atoms with Crippen LogP contribution in [0.4, 0.5) is 5.69 Å². The van der Waals surface area contributed by atoms with Crippen molar-refractivity contribution in [1.82, 2.24) is 10.0 Å². The van der Waals surface area contributed by atoms with Gasteiger partial charge in [0.05, 0.1) is 5.69 Å². The molecular weight excluding hydrogens is 274 g/mol. The van der Waals surface area contributed by atoms with Crippen molar-refractivity contribution in [2.24, 2.45) is 11.8 Å². The molecule has 2 heterocycles. The first-order chi connectivity index (χ1) is 9.62. The lowest BCUT2D eigenvalue weighted by Gasteiger charge is -2.22. The van der Waals surface area contributed by atoms with E-state index in [1.165, 1.54) is 0 Å². The Kier molecular flexibility index (Phi) is 3.70. The molecule has 2 saturated heterocycles. The molecule has 2 aliphatic rings. The van der Waals surface area contributed by atoms with Gasteiger partial charge in [0.1, 0.15) is 4.90 Å². The van der Waals surface area contributed by atoms with E-state index in [2.05, 4.69) is 14.9 Å². The predicted molar refractivity (Wildman–Crippen MR) is 79.4 cm³/mol. The summed E-state index contributed by atoms with van der Waals surface area (Å²) in [5.41, 5.74) is 0.836. The molecule has 0 spiro atoms. The maximum absolute atomic E-state index is 12.3. The van der Waals surface area contributed by atoms with Crippen LogP contribution in [0.3, 0.4) is 0 Å². The molecule has 2 fully saturated rings. The molecule has 110 valence electrons. The highest BCUT2D eigenvalue weighted by molar-refractivity contribution is 7.89. The normalized spacial score (nSPS) is 25.9. The van der Waals surface area contributed by atoms with Gasteiger partial charge in [-0.25, -0.2) is 13.1 Å². The summed E-state index contributed by atoms with van der Waals surface area (Å²) >= 11 is 0. The van der Waals surface area contributed by atoms with Gasteiger partial charge >= 0.3 is 0 Å². The lowest BCUT2D eigenvalue weighted by atomic mass is 10.0. The van der Waals surface area contributed by atoms with Crippen molar-refractivity contribution in [2.45, 2.75) is 11.8 Å². The van der Waals surface area contributed by atoms with Gasteiger partial charge in [0, 0.05) is 32.7 Å². The predicted octanol–water partition coefficient (Wildman–Crippen LogP) is 0.640. The number of hydrogen-bond acceptors (Lipinski definition) is 4. The summed E-state index contributed by atoms with van der Waals surface area (Å²) in [6.07, 6.45) is 0. The van der Waals surface area contributed by atoms with Gasteiger partial charge < -0.3 is 10.2 Å². The fourth-order valence-corrected chi connectivity index (χ4v) is 4.53. The van der Waals surface area contributed by atoms with E-state index < -0.39 is 10.0 Å². The molecule has 0 radical (unpaired) electrons. The van der Waals surface area contributed by atoms with E-state index in [0.29, 0.717) is 23.3 Å². The van der Waals surface area contributed by atoms with Crippen LogP contribution in [0, 0.1) is 11.8 Å². The monoisotopic (exact) mass is 295 g/mol. The zero-order valence-electron chi connectivity index (χ0n) is 11.7. The summed E-state index contributed by atoms with van der Waals surface area (Å²) in [6.45, 7) is 6.18. The second-order valence-corrected chi connectivity index (χ2v) is 7.29. The van der Waals surface area contributed by atoms with E-state index in [0.717, 1.165) is 31.9 Å². The SMILES string of the molecule is CCNS(=O)(=O)c1ccccc1N1C[C@H]2CNC[C@H]2C1. The van der Waals surface area contributed by atoms with Crippen molar-refractivity contribution >= 4 is 15.7 Å². The van der Waals surface area contributed by atoms with E-state index in [-0.39, 0.29) is 0 Å². The zero-order valence-corrected chi connectivity index (χ0v) is 12.5. The average molecular weight is 295 g/mol. The van der Waals surface area contributed by atoms with Crippen molar-refractivity contribution < 1.29 is 8.42 Å². The largest absolute Gasteiger partial charge is 0.370 e. The van der Waals surface area contributed by atoms with Crippen LogP contribution in [0.5, 0.6) is 0 Å². The van der Waals surface area contributed by atoms with E-state index in [1.807, 2.05) is 12.1 Å². The Morgan fingerprint density at radius 1 is 1.25 bits per heavy atom. The first-order valence-electron chi connectivity index (χ1n) is 7.16. The lowest BCUT2D eigenvalue weighted by Crippen LogP contribution is -2.29. The molecular formula is C14H21N3O2S. The Balaban J connectivity index is 1.91. The average Bonchev–Trinajstić information content (AvgIpc) is 2.99. The molecule has 0 aromatic heterocycles. The van der Waals surface area contributed by atoms with Crippen LogP contribution >= 0.6 is 0 Å².